The van der Waals surface area contributed by atoms with Gasteiger partial charge in [0.15, 0.2) is 5.65 Å². The van der Waals surface area contributed by atoms with Crippen LogP contribution in [0.1, 0.15) is 0 Å². The minimum atomic E-state index is -0.270. The third-order valence-electron chi connectivity index (χ3n) is 4.42. The highest BCUT2D eigenvalue weighted by atomic mass is 16.5. The second-order valence-electron chi connectivity index (χ2n) is 6.48. The SMILES string of the molecule is O=c1[nH]c(Nc2cccc(Oc3ccncc3)c2)nc2c1cnn2-c1ccccc1. The molecule has 0 unspecified atom stereocenters. The Kier molecular flexibility index (Phi) is 4.41. The quantitative estimate of drug-likeness (QED) is 0.465. The van der Waals surface area contributed by atoms with Crippen molar-refractivity contribution in [3.63, 3.8) is 0 Å². The second-order valence-corrected chi connectivity index (χ2v) is 6.48. The summed E-state index contributed by atoms with van der Waals surface area (Å²) in [4.78, 5) is 23.8. The Morgan fingerprint density at radius 2 is 1.77 bits per heavy atom. The zero-order chi connectivity index (χ0) is 20.3. The Morgan fingerprint density at radius 3 is 2.60 bits per heavy atom. The van der Waals surface area contributed by atoms with E-state index in [-0.39, 0.29) is 5.56 Å². The minimum absolute atomic E-state index is 0.270. The Morgan fingerprint density at radius 1 is 0.933 bits per heavy atom. The van der Waals surface area contributed by atoms with E-state index in [2.05, 4.69) is 25.4 Å². The number of anilines is 2. The first kappa shape index (κ1) is 17.6. The summed E-state index contributed by atoms with van der Waals surface area (Å²) in [5.41, 5.74) is 1.74. The van der Waals surface area contributed by atoms with Gasteiger partial charge < -0.3 is 10.1 Å². The molecule has 3 heterocycles. The molecule has 8 nitrogen and oxygen atoms in total. The molecular weight excluding hydrogens is 380 g/mol. The number of ether oxygens (including phenoxy) is 1. The first-order valence-electron chi connectivity index (χ1n) is 9.25. The first-order chi connectivity index (χ1) is 14.8. The summed E-state index contributed by atoms with van der Waals surface area (Å²) in [5, 5.41) is 7.86. The number of fused-ring (bicyclic) bond motifs is 1. The van der Waals surface area contributed by atoms with Crippen molar-refractivity contribution < 1.29 is 4.74 Å². The maximum absolute atomic E-state index is 12.5. The number of nitrogens with zero attached hydrogens (tertiary/aromatic N) is 4. The van der Waals surface area contributed by atoms with Crippen molar-refractivity contribution in [2.24, 2.45) is 0 Å². The van der Waals surface area contributed by atoms with Crippen molar-refractivity contribution >= 4 is 22.7 Å². The highest BCUT2D eigenvalue weighted by Gasteiger charge is 2.12. The Balaban J connectivity index is 1.47. The van der Waals surface area contributed by atoms with E-state index >= 15 is 0 Å². The lowest BCUT2D eigenvalue weighted by Gasteiger charge is -2.09. The van der Waals surface area contributed by atoms with Crippen LogP contribution < -0.4 is 15.6 Å². The number of aromatic nitrogens is 5. The molecule has 2 N–H and O–H groups in total. The molecular formula is C22H16N6O2. The molecule has 2 aromatic carbocycles. The van der Waals surface area contributed by atoms with Gasteiger partial charge in [0.2, 0.25) is 5.95 Å². The number of hydrogen-bond donors (Lipinski definition) is 2. The van der Waals surface area contributed by atoms with E-state index in [1.54, 1.807) is 29.2 Å². The van der Waals surface area contributed by atoms with Gasteiger partial charge in [-0.25, -0.2) is 4.68 Å². The van der Waals surface area contributed by atoms with Gasteiger partial charge in [-0.05, 0) is 36.4 Å². The fourth-order valence-corrected chi connectivity index (χ4v) is 3.05. The Labute approximate surface area is 170 Å². The topological polar surface area (TPSA) is 97.7 Å². The number of aromatic amines is 1. The summed E-state index contributed by atoms with van der Waals surface area (Å²) in [5.74, 6) is 1.64. The average Bonchev–Trinajstić information content (AvgIpc) is 3.20. The molecule has 5 rings (SSSR count). The zero-order valence-electron chi connectivity index (χ0n) is 15.7. The summed E-state index contributed by atoms with van der Waals surface area (Å²) in [6, 6.07) is 20.5. The molecule has 0 fully saturated rings. The number of para-hydroxylation sites is 1. The highest BCUT2D eigenvalue weighted by Crippen LogP contribution is 2.25. The van der Waals surface area contributed by atoms with Crippen LogP contribution in [0.5, 0.6) is 11.5 Å². The molecule has 0 saturated carbocycles. The van der Waals surface area contributed by atoms with Crippen molar-refractivity contribution in [1.29, 1.82) is 0 Å². The number of H-pyrrole nitrogens is 1. The average molecular weight is 396 g/mol. The van der Waals surface area contributed by atoms with Crippen LogP contribution in [0.4, 0.5) is 11.6 Å². The monoisotopic (exact) mass is 396 g/mol. The van der Waals surface area contributed by atoms with E-state index in [4.69, 9.17) is 4.74 Å². The minimum Gasteiger partial charge on any atom is -0.457 e. The lowest BCUT2D eigenvalue weighted by atomic mass is 10.3. The van der Waals surface area contributed by atoms with Gasteiger partial charge in [0.05, 0.1) is 11.9 Å². The Bertz CT molecular complexity index is 1360. The number of benzene rings is 2. The van der Waals surface area contributed by atoms with E-state index in [0.717, 1.165) is 11.4 Å². The molecule has 30 heavy (non-hydrogen) atoms. The molecule has 0 amide bonds. The standard InChI is InChI=1S/C22H16N6O2/c29-21-19-14-24-28(16-6-2-1-3-7-16)20(19)26-22(27-21)25-15-5-4-8-18(13-15)30-17-9-11-23-12-10-17/h1-14H,(H2,25,26,27,29). The van der Waals surface area contributed by atoms with Gasteiger partial charge in [0, 0.05) is 24.1 Å². The van der Waals surface area contributed by atoms with Gasteiger partial charge in [-0.2, -0.15) is 10.1 Å². The molecule has 0 saturated heterocycles. The maximum atomic E-state index is 12.5. The van der Waals surface area contributed by atoms with Gasteiger partial charge in [-0.3, -0.25) is 14.8 Å². The smallest absolute Gasteiger partial charge is 0.263 e. The van der Waals surface area contributed by atoms with Gasteiger partial charge in [-0.15, -0.1) is 0 Å². The van der Waals surface area contributed by atoms with Crippen LogP contribution in [0.25, 0.3) is 16.7 Å². The maximum Gasteiger partial charge on any atom is 0.263 e. The lowest BCUT2D eigenvalue weighted by molar-refractivity contribution is 0.482. The van der Waals surface area contributed by atoms with Crippen LogP contribution in [-0.4, -0.2) is 24.7 Å². The number of pyridine rings is 1. The zero-order valence-corrected chi connectivity index (χ0v) is 15.7. The summed E-state index contributed by atoms with van der Waals surface area (Å²) < 4.78 is 7.47. The van der Waals surface area contributed by atoms with Crippen LogP contribution in [0.3, 0.4) is 0 Å². The number of nitrogens with one attached hydrogen (secondary N) is 2. The molecule has 5 aromatic rings. The van der Waals surface area contributed by atoms with E-state index < -0.39 is 0 Å². The molecule has 0 radical (unpaired) electrons. The highest BCUT2D eigenvalue weighted by molar-refractivity contribution is 5.77. The molecule has 146 valence electrons. The normalized spacial score (nSPS) is 10.8. The third-order valence-corrected chi connectivity index (χ3v) is 4.42. The molecule has 3 aromatic heterocycles. The van der Waals surface area contributed by atoms with Crippen molar-refractivity contribution in [2.75, 3.05) is 5.32 Å². The predicted octanol–water partition coefficient (Wildman–Crippen LogP) is 4.04. The fraction of sp³-hybridized carbons (Fsp3) is 0. The largest absolute Gasteiger partial charge is 0.457 e. The van der Waals surface area contributed by atoms with Crippen molar-refractivity contribution in [3.8, 4) is 17.2 Å². The van der Waals surface area contributed by atoms with Gasteiger partial charge in [0.1, 0.15) is 16.9 Å². The molecule has 0 aliphatic carbocycles. The fourth-order valence-electron chi connectivity index (χ4n) is 3.05. The Hall–Kier alpha value is -4.46. The van der Waals surface area contributed by atoms with E-state index in [0.29, 0.717) is 28.5 Å². The number of hydrogen-bond acceptors (Lipinski definition) is 6. The van der Waals surface area contributed by atoms with E-state index in [9.17, 15) is 4.79 Å². The third kappa shape index (κ3) is 3.49. The van der Waals surface area contributed by atoms with Crippen molar-refractivity contribution in [3.05, 3.63) is 95.7 Å². The van der Waals surface area contributed by atoms with Crippen molar-refractivity contribution in [2.45, 2.75) is 0 Å². The molecule has 0 aliphatic rings. The van der Waals surface area contributed by atoms with Gasteiger partial charge in [-0.1, -0.05) is 24.3 Å². The summed E-state index contributed by atoms with van der Waals surface area (Å²) in [6.45, 7) is 0. The lowest BCUT2D eigenvalue weighted by Crippen LogP contribution is -2.11. The predicted molar refractivity (Wildman–Crippen MR) is 114 cm³/mol. The second kappa shape index (κ2) is 7.51. The molecule has 0 atom stereocenters. The van der Waals surface area contributed by atoms with Crippen molar-refractivity contribution in [1.82, 2.24) is 24.7 Å². The molecule has 0 spiro atoms. The van der Waals surface area contributed by atoms with E-state index in [1.165, 1.54) is 6.20 Å². The van der Waals surface area contributed by atoms with Crippen LogP contribution in [0.15, 0.2) is 90.1 Å². The van der Waals surface area contributed by atoms with Crippen LogP contribution in [-0.2, 0) is 0 Å². The summed E-state index contributed by atoms with van der Waals surface area (Å²) in [6.07, 6.45) is 4.84. The van der Waals surface area contributed by atoms with Crippen LogP contribution in [0, 0.1) is 0 Å². The van der Waals surface area contributed by atoms with Gasteiger partial charge >= 0.3 is 0 Å². The first-order valence-corrected chi connectivity index (χ1v) is 9.25. The summed E-state index contributed by atoms with van der Waals surface area (Å²) >= 11 is 0. The van der Waals surface area contributed by atoms with Crippen LogP contribution in [0.2, 0.25) is 0 Å². The number of rotatable bonds is 5. The van der Waals surface area contributed by atoms with Gasteiger partial charge in [0.25, 0.3) is 5.56 Å². The molecule has 0 bridgehead atoms. The molecule has 0 aliphatic heterocycles. The van der Waals surface area contributed by atoms with E-state index in [1.807, 2.05) is 54.6 Å². The van der Waals surface area contributed by atoms with Crippen LogP contribution >= 0.6 is 0 Å². The molecule has 8 heteroatoms. The summed E-state index contributed by atoms with van der Waals surface area (Å²) in [7, 11) is 0.